The summed E-state index contributed by atoms with van der Waals surface area (Å²) < 4.78 is 15.9. The van der Waals surface area contributed by atoms with Crippen molar-refractivity contribution < 1.29 is 50.0 Å². The highest BCUT2D eigenvalue weighted by atomic mass is 32.1. The smallest absolute Gasteiger partial charge is 0.184 e. The number of hydrogen-bond donors (Lipinski definition) is 8. The fraction of sp³-hybridized carbons (Fsp3) is 1.00. The number of fused-ring (bicyclic) bond motifs is 1. The van der Waals surface area contributed by atoms with E-state index in [1.807, 2.05) is 0 Å². The molecule has 1 aliphatic carbocycles. The van der Waals surface area contributed by atoms with Crippen molar-refractivity contribution in [2.75, 3.05) is 12.4 Å². The van der Waals surface area contributed by atoms with E-state index in [9.17, 15) is 35.7 Å². The Balaban J connectivity index is 1.75. The Morgan fingerprint density at radius 2 is 1.67 bits per heavy atom. The van der Waals surface area contributed by atoms with Gasteiger partial charge in [-0.3, -0.25) is 0 Å². The Kier molecular flexibility index (Phi) is 5.15. The Labute approximate surface area is 142 Å². The minimum absolute atomic E-state index is 0.0468. The molecule has 2 aliphatic heterocycles. The second kappa shape index (κ2) is 6.59. The van der Waals surface area contributed by atoms with Crippen molar-refractivity contribution in [2.24, 2.45) is 5.92 Å². The summed E-state index contributed by atoms with van der Waals surface area (Å²) in [5.74, 6) is -0.858. The van der Waals surface area contributed by atoms with E-state index in [0.29, 0.717) is 0 Å². The lowest BCUT2D eigenvalue weighted by Gasteiger charge is -2.43. The maximum Gasteiger partial charge on any atom is 0.184 e. The van der Waals surface area contributed by atoms with Gasteiger partial charge in [0.1, 0.15) is 42.2 Å². The van der Waals surface area contributed by atoms with Gasteiger partial charge in [-0.25, -0.2) is 0 Å². The summed E-state index contributed by atoms with van der Waals surface area (Å²) in [7, 11) is 0. The third kappa shape index (κ3) is 2.68. The van der Waals surface area contributed by atoms with Gasteiger partial charge in [0, 0.05) is 5.75 Å². The van der Waals surface area contributed by atoms with Crippen LogP contribution in [0.5, 0.6) is 0 Å². The fourth-order valence-corrected chi connectivity index (χ4v) is 3.86. The average molecular weight is 370 g/mol. The molecule has 140 valence electrons. The van der Waals surface area contributed by atoms with Crippen molar-refractivity contribution in [2.45, 2.75) is 60.9 Å². The van der Waals surface area contributed by atoms with Crippen LogP contribution in [-0.4, -0.2) is 109 Å². The normalized spacial score (nSPS) is 57.5. The second-order valence-corrected chi connectivity index (χ2v) is 6.72. The lowest BCUT2D eigenvalue weighted by molar-refractivity contribution is -0.341. The van der Waals surface area contributed by atoms with Crippen LogP contribution in [-0.2, 0) is 14.2 Å². The van der Waals surface area contributed by atoms with Gasteiger partial charge in [0.05, 0.1) is 18.6 Å². The Hall–Kier alpha value is -0.0500. The summed E-state index contributed by atoms with van der Waals surface area (Å²) >= 11 is 4.04. The first kappa shape index (κ1) is 18.7. The Morgan fingerprint density at radius 3 is 2.25 bits per heavy atom. The molecule has 0 aromatic heterocycles. The third-order valence-corrected chi connectivity index (χ3v) is 5.33. The SMILES string of the molecule is OCC1O[C@@H](O)C(O)C(O)[C@@H]1O[C@@H]1OC(CS)[C@]2(O)C(O)C2C1O. The number of aliphatic hydroxyl groups is 7. The largest absolute Gasteiger partial charge is 0.394 e. The quantitative estimate of drug-likeness (QED) is 0.226. The van der Waals surface area contributed by atoms with Crippen LogP contribution < -0.4 is 0 Å². The van der Waals surface area contributed by atoms with Crippen molar-refractivity contribution in [3.8, 4) is 0 Å². The molecule has 11 atom stereocenters. The zero-order chi connectivity index (χ0) is 17.8. The van der Waals surface area contributed by atoms with E-state index in [1.54, 1.807) is 0 Å². The number of hydrogen-bond acceptors (Lipinski definition) is 11. The Morgan fingerprint density at radius 1 is 1.00 bits per heavy atom. The summed E-state index contributed by atoms with van der Waals surface area (Å²) in [6.45, 7) is -0.625. The molecule has 11 heteroatoms. The molecule has 10 nitrogen and oxygen atoms in total. The molecule has 0 bridgehead atoms. The maximum atomic E-state index is 10.3. The molecule has 0 spiro atoms. The van der Waals surface area contributed by atoms with E-state index in [4.69, 9.17) is 14.2 Å². The van der Waals surface area contributed by atoms with Crippen LogP contribution in [0.25, 0.3) is 0 Å². The van der Waals surface area contributed by atoms with Crippen LogP contribution >= 0.6 is 12.6 Å². The molecule has 0 aromatic carbocycles. The van der Waals surface area contributed by atoms with Gasteiger partial charge in [-0.2, -0.15) is 12.6 Å². The van der Waals surface area contributed by atoms with E-state index in [0.717, 1.165) is 0 Å². The van der Waals surface area contributed by atoms with Gasteiger partial charge >= 0.3 is 0 Å². The summed E-state index contributed by atoms with van der Waals surface area (Å²) in [5.41, 5.74) is -1.62. The van der Waals surface area contributed by atoms with Crippen LogP contribution in [0.1, 0.15) is 0 Å². The highest BCUT2D eigenvalue weighted by molar-refractivity contribution is 7.80. The van der Waals surface area contributed by atoms with Gasteiger partial charge in [0.25, 0.3) is 0 Å². The first-order valence-electron chi connectivity index (χ1n) is 7.58. The molecule has 0 amide bonds. The van der Waals surface area contributed by atoms with Crippen LogP contribution in [0, 0.1) is 5.92 Å². The van der Waals surface area contributed by atoms with E-state index in [2.05, 4.69) is 12.6 Å². The predicted molar refractivity (Wildman–Crippen MR) is 77.8 cm³/mol. The highest BCUT2D eigenvalue weighted by Gasteiger charge is 2.75. The minimum Gasteiger partial charge on any atom is -0.394 e. The molecular formula is C13H22O10S. The molecule has 0 radical (unpaired) electrons. The first-order valence-corrected chi connectivity index (χ1v) is 8.21. The molecule has 0 aromatic rings. The minimum atomic E-state index is -1.70. The number of thiol groups is 1. The van der Waals surface area contributed by atoms with Crippen LogP contribution in [0.3, 0.4) is 0 Å². The first-order chi connectivity index (χ1) is 11.3. The van der Waals surface area contributed by atoms with E-state index < -0.39 is 73.4 Å². The van der Waals surface area contributed by atoms with Crippen molar-refractivity contribution in [3.05, 3.63) is 0 Å². The van der Waals surface area contributed by atoms with Crippen molar-refractivity contribution >= 4 is 12.6 Å². The van der Waals surface area contributed by atoms with Crippen molar-refractivity contribution in [1.82, 2.24) is 0 Å². The lowest BCUT2D eigenvalue weighted by Crippen LogP contribution is -2.62. The zero-order valence-corrected chi connectivity index (χ0v) is 13.4. The number of rotatable bonds is 4. The molecule has 2 heterocycles. The summed E-state index contributed by atoms with van der Waals surface area (Å²) in [4.78, 5) is 0. The number of ether oxygens (including phenoxy) is 3. The van der Waals surface area contributed by atoms with Crippen molar-refractivity contribution in [1.29, 1.82) is 0 Å². The molecule has 3 aliphatic rings. The summed E-state index contributed by atoms with van der Waals surface area (Å²) in [6.07, 6.45) is -12.4. The summed E-state index contributed by atoms with van der Waals surface area (Å²) in [5, 5.41) is 68.9. The Bertz CT molecular complexity index is 462. The highest BCUT2D eigenvalue weighted by Crippen LogP contribution is 2.54. The van der Waals surface area contributed by atoms with Gasteiger partial charge in [-0.15, -0.1) is 0 Å². The predicted octanol–water partition coefficient (Wildman–Crippen LogP) is -4.46. The van der Waals surface area contributed by atoms with Gasteiger partial charge < -0.3 is 50.0 Å². The zero-order valence-electron chi connectivity index (χ0n) is 12.5. The lowest BCUT2D eigenvalue weighted by atomic mass is 9.98. The number of aliphatic hydroxyl groups excluding tert-OH is 6. The standard InChI is InChI=1S/C13H22O10S/c14-1-3-9(7(16)8(17)11(19)21-3)23-12-6(15)5-10(18)13(5,20)4(2-24)22-12/h3-12,14-20,24H,1-2H2/t3?,4?,5?,6?,7?,8?,9-,10?,11-,12+,13-/m1/s1. The van der Waals surface area contributed by atoms with Crippen molar-refractivity contribution in [3.63, 3.8) is 0 Å². The average Bonchev–Trinajstić information content (AvgIpc) is 3.12. The molecule has 7 N–H and O–H groups in total. The molecule has 3 fully saturated rings. The van der Waals surface area contributed by atoms with E-state index >= 15 is 0 Å². The molecule has 24 heavy (non-hydrogen) atoms. The fourth-order valence-electron chi connectivity index (χ4n) is 3.48. The second-order valence-electron chi connectivity index (χ2n) is 6.35. The van der Waals surface area contributed by atoms with Gasteiger partial charge in [0.2, 0.25) is 0 Å². The van der Waals surface area contributed by atoms with Crippen LogP contribution in [0.2, 0.25) is 0 Å². The topological polar surface area (TPSA) is 169 Å². The van der Waals surface area contributed by atoms with Gasteiger partial charge in [0.15, 0.2) is 12.6 Å². The monoisotopic (exact) mass is 370 g/mol. The molecule has 2 saturated heterocycles. The third-order valence-electron chi connectivity index (χ3n) is 5.00. The van der Waals surface area contributed by atoms with Crippen LogP contribution in [0.4, 0.5) is 0 Å². The molecular weight excluding hydrogens is 348 g/mol. The summed E-state index contributed by atoms with van der Waals surface area (Å²) in [6, 6.07) is 0. The molecule has 7 unspecified atom stereocenters. The maximum absolute atomic E-state index is 10.3. The van der Waals surface area contributed by atoms with E-state index in [-0.39, 0.29) is 5.75 Å². The van der Waals surface area contributed by atoms with Gasteiger partial charge in [-0.05, 0) is 0 Å². The van der Waals surface area contributed by atoms with Gasteiger partial charge in [-0.1, -0.05) is 0 Å². The molecule has 3 rings (SSSR count). The van der Waals surface area contributed by atoms with Crippen LogP contribution in [0.15, 0.2) is 0 Å². The van der Waals surface area contributed by atoms with E-state index in [1.165, 1.54) is 0 Å². The molecule has 1 saturated carbocycles.